The summed E-state index contributed by atoms with van der Waals surface area (Å²) >= 11 is 0. The van der Waals surface area contributed by atoms with Crippen molar-refractivity contribution >= 4 is 0 Å². The van der Waals surface area contributed by atoms with Crippen molar-refractivity contribution in [2.45, 2.75) is 406 Å². The summed E-state index contributed by atoms with van der Waals surface area (Å²) in [6, 6.07) is 0. The fourth-order valence-electron chi connectivity index (χ4n) is 5.32. The zero-order valence-electron chi connectivity index (χ0n) is 67.6. The van der Waals surface area contributed by atoms with Crippen LogP contribution in [0.2, 0.25) is 0 Å². The van der Waals surface area contributed by atoms with Crippen molar-refractivity contribution in [3.8, 4) is 0 Å². The number of alkyl halides is 3. The maximum atomic E-state index is 11.4. The molecule has 0 aromatic heterocycles. The number of unbranched alkanes of at least 4 members (excludes halogenated alkanes) is 3. The van der Waals surface area contributed by atoms with Crippen LogP contribution >= 0.6 is 0 Å². The number of hydrogen-bond acceptors (Lipinski definition) is 0. The minimum Gasteiger partial charge on any atom is -0.171 e. The highest BCUT2D eigenvalue weighted by atomic mass is 19.4. The van der Waals surface area contributed by atoms with E-state index >= 15 is 0 Å². The molecule has 0 N–H and O–H groups in total. The highest BCUT2D eigenvalue weighted by molar-refractivity contribution is 4.65. The smallest absolute Gasteiger partial charge is 0.171 e. The van der Waals surface area contributed by atoms with Gasteiger partial charge in [0.25, 0.3) is 0 Å². The van der Waals surface area contributed by atoms with Crippen molar-refractivity contribution in [1.29, 1.82) is 0 Å². The lowest BCUT2D eigenvalue weighted by Gasteiger charge is -2.18. The van der Waals surface area contributed by atoms with Crippen LogP contribution in [0.15, 0.2) is 0 Å². The average Bonchev–Trinajstić information content (AvgIpc) is 4.05. The molecule has 0 radical (unpaired) electrons. The lowest BCUT2D eigenvalue weighted by Crippen LogP contribution is -2.18. The third kappa shape index (κ3) is 136. The minimum absolute atomic E-state index is 0.0556. The normalized spacial score (nSPS) is 19.5. The van der Waals surface area contributed by atoms with Crippen LogP contribution in [0, 0.1) is 52.7 Å². The second-order valence-electron chi connectivity index (χ2n) is 22.7. The van der Waals surface area contributed by atoms with Crippen molar-refractivity contribution in [3.63, 3.8) is 0 Å². The van der Waals surface area contributed by atoms with Gasteiger partial charge < -0.3 is 0 Å². The zero-order chi connectivity index (χ0) is 69.5. The molecule has 4 aliphatic rings. The molecule has 1 unspecified atom stereocenters. The van der Waals surface area contributed by atoms with E-state index in [0.717, 1.165) is 63.2 Å². The topological polar surface area (TPSA) is 0 Å². The average molecular weight is 1070 g/mol. The first-order chi connectivity index (χ1) is 37.7. The van der Waals surface area contributed by atoms with E-state index in [-0.39, 0.29) is 29.5 Å². The van der Waals surface area contributed by atoms with Gasteiger partial charge in [-0.25, -0.2) is 0 Å². The van der Waals surface area contributed by atoms with Crippen molar-refractivity contribution < 1.29 is 28.2 Å². The molecule has 73 heavy (non-hydrogen) atoms. The highest BCUT2D eigenvalue weighted by Gasteiger charge is 2.34. The van der Waals surface area contributed by atoms with E-state index in [1.807, 2.05) is 76.2 Å². The van der Waals surface area contributed by atoms with Gasteiger partial charge in [0.2, 0.25) is 0 Å². The summed E-state index contributed by atoms with van der Waals surface area (Å²) < 4.78 is 114. The maximum Gasteiger partial charge on any atom is 0.391 e. The van der Waals surface area contributed by atoms with Crippen molar-refractivity contribution in [3.05, 3.63) is 0 Å². The molecule has 0 spiro atoms. The monoisotopic (exact) mass is 1070 g/mol. The molecule has 0 aromatic rings. The predicted octanol–water partition coefficient (Wildman–Crippen LogP) is 29.0. The van der Waals surface area contributed by atoms with Crippen LogP contribution in [0.5, 0.6) is 0 Å². The van der Waals surface area contributed by atoms with Crippen LogP contribution in [0.25, 0.3) is 0 Å². The van der Waals surface area contributed by atoms with Gasteiger partial charge in [0, 0.05) is 15.1 Å². The van der Waals surface area contributed by atoms with Gasteiger partial charge in [-0.15, -0.1) is 0 Å². The highest BCUT2D eigenvalue weighted by Crippen LogP contribution is 2.28. The summed E-state index contributed by atoms with van der Waals surface area (Å²) in [7, 11) is 0. The second kappa shape index (κ2) is 80.6. The van der Waals surface area contributed by atoms with E-state index in [9.17, 15) is 13.2 Å². The molecule has 3 heteroatoms. The van der Waals surface area contributed by atoms with Gasteiger partial charge in [0.15, 0.2) is 0 Å². The molecule has 4 fully saturated rings. The second-order valence-corrected chi connectivity index (χ2v) is 22.7. The first-order valence-electron chi connectivity index (χ1n) is 36.7. The van der Waals surface area contributed by atoms with E-state index in [1.165, 1.54) is 123 Å². The molecule has 0 aliphatic heterocycles. The lowest BCUT2D eigenvalue weighted by molar-refractivity contribution is -0.170. The van der Waals surface area contributed by atoms with Gasteiger partial charge in [-0.1, -0.05) is 393 Å². The molecule has 0 saturated heterocycles. The van der Waals surface area contributed by atoms with Gasteiger partial charge in [-0.05, 0) is 53.2 Å². The van der Waals surface area contributed by atoms with E-state index in [2.05, 4.69) is 83.1 Å². The van der Waals surface area contributed by atoms with Crippen molar-refractivity contribution in [1.82, 2.24) is 0 Å². The first kappa shape index (κ1) is 68.9. The molecule has 0 heterocycles. The Morgan fingerprint density at radius 1 is 0.466 bits per heavy atom. The van der Waals surface area contributed by atoms with Gasteiger partial charge in [0.05, 0.1) is 5.92 Å². The minimum atomic E-state index is -3.99. The molecule has 0 amide bonds. The lowest BCUT2D eigenvalue weighted by atomic mass is 9.88. The summed E-state index contributed by atoms with van der Waals surface area (Å²) in [5.41, 5.74) is -0.229. The third-order valence-corrected chi connectivity index (χ3v) is 11.2. The summed E-state index contributed by atoms with van der Waals surface area (Å²) in [4.78, 5) is 0. The Hall–Kier alpha value is -0.210. The van der Waals surface area contributed by atoms with Crippen LogP contribution in [-0.4, -0.2) is 6.18 Å². The van der Waals surface area contributed by atoms with Crippen LogP contribution in [0.4, 0.5) is 13.2 Å². The summed E-state index contributed by atoms with van der Waals surface area (Å²) in [6.45, 7) is 56.6. The van der Waals surface area contributed by atoms with Crippen LogP contribution in [0.3, 0.4) is 0 Å². The predicted molar refractivity (Wildman–Crippen MR) is 344 cm³/mol. The Morgan fingerprint density at radius 3 is 0.767 bits per heavy atom. The molecule has 4 rings (SSSR count). The Morgan fingerprint density at radius 2 is 0.685 bits per heavy atom. The number of halogens is 3. The van der Waals surface area contributed by atoms with Crippen LogP contribution < -0.4 is 0 Å². The van der Waals surface area contributed by atoms with E-state index in [1.54, 1.807) is 27.7 Å². The quantitative estimate of drug-likeness (QED) is 0.227. The van der Waals surface area contributed by atoms with Gasteiger partial charge in [-0.2, -0.15) is 13.2 Å². The summed E-state index contributed by atoms with van der Waals surface area (Å²) in [6.07, 6.45) is 23.8. The molecule has 0 nitrogen and oxygen atoms in total. The van der Waals surface area contributed by atoms with Crippen molar-refractivity contribution in [2.75, 3.05) is 0 Å². The molecule has 1 atom stereocenters. The van der Waals surface area contributed by atoms with Crippen molar-refractivity contribution in [2.24, 2.45) is 52.7 Å². The molecule has 4 saturated carbocycles. The van der Waals surface area contributed by atoms with E-state index < -0.39 is 37.6 Å². The molecule has 0 aromatic carbocycles. The largest absolute Gasteiger partial charge is 0.391 e. The van der Waals surface area contributed by atoms with E-state index in [0.29, 0.717) is 18.3 Å². The third-order valence-electron chi connectivity index (χ3n) is 11.2. The van der Waals surface area contributed by atoms with Crippen LogP contribution in [-0.2, 0) is 0 Å². The molecule has 458 valence electrons. The maximum absolute atomic E-state index is 11.4. The standard InChI is InChI=1S/C8H16.2C7H14.C6H12.C6H14.C5H9F3.2C5H12.4C4H10.C3H8.C2H6/c1-2-8-6-4-3-5-7-8;1-7-5-3-2-4-6-7;1-2-7-5-3-4-6-7;1-6-4-2-3-5-6;1-5-6(2,3)4;1-3-4(2)5(6,7)8;1-4-5(2)3;1-3-5-4-2;2*1-4(2)3;2*1-3-4-2;1-3-2;1-2/h8H,2-7H2,1H3;2*7H,2-6H2,1H3;6H,2-5H2,1H3;5H2,1-4H3;4H,3H2,1-2H3;5H,4H2,1-3H3;3-5H2,1-2H3;2*4H,1-3H3;2*3-4H2,1-2H3;3H2,1-2H3;1-2H3/i2D2;7D;2D2;6D;5D2;;;;4D;;3D2;;;. The number of hydrogen-bond donors (Lipinski definition) is 0. The Bertz CT molecular complexity index is 1190. The summed E-state index contributed by atoms with van der Waals surface area (Å²) in [5, 5.41) is 0. The van der Waals surface area contributed by atoms with Gasteiger partial charge in [-0.3, -0.25) is 0 Å². The first-order valence-corrected chi connectivity index (χ1v) is 31.2. The van der Waals surface area contributed by atoms with Crippen LogP contribution in [0.1, 0.15) is 415 Å². The Balaban J connectivity index is -0.0000000891. The number of rotatable bonds is 8. The summed E-state index contributed by atoms with van der Waals surface area (Å²) in [5.74, 6) is 0.870. The Labute approximate surface area is 485 Å². The molecule has 0 bridgehead atoms. The zero-order valence-corrected chi connectivity index (χ0v) is 56.6. The van der Waals surface area contributed by atoms with Gasteiger partial charge >= 0.3 is 6.18 Å². The molecule has 4 aliphatic carbocycles. The van der Waals surface area contributed by atoms with Gasteiger partial charge in [0.1, 0.15) is 0 Å². The SMILES string of the molecule is CC.CC(C)C.CCC.CCC(C)C.CCC(C)C(F)(F)F.CCCC.CCCCC.[2H]C(C)(C)C.[2H]C([2H])(C)C(C)(C)C.[2H]C([2H])(C)C1CCCC1.[2H]C([2H])(C)C1CCCCC1.[2H]C([2H])(C)CC.[2H]C1(C)CCCC1.[2H]C1(C)CCCCC1. The fourth-order valence-corrected chi connectivity index (χ4v) is 5.32. The molecular formula is C70H157F3. The van der Waals surface area contributed by atoms with E-state index in [4.69, 9.17) is 15.1 Å². The fraction of sp³-hybridized carbons (Fsp3) is 1.00. The molecular weight excluding hydrogens is 898 g/mol. The Kier molecular flexibility index (Phi) is 76.1.